The number of aromatic nitrogens is 2. The average molecular weight is 273 g/mol. The van der Waals surface area contributed by atoms with Crippen LogP contribution >= 0.6 is 0 Å². The van der Waals surface area contributed by atoms with Crippen molar-refractivity contribution >= 4 is 22.6 Å². The quantitative estimate of drug-likeness (QED) is 0.786. The normalized spacial score (nSPS) is 12.3. The second kappa shape index (κ2) is 5.16. The Balaban J connectivity index is 1.87. The van der Waals surface area contributed by atoms with Crippen molar-refractivity contribution < 1.29 is 13.7 Å². The summed E-state index contributed by atoms with van der Waals surface area (Å²) >= 11 is 0. The smallest absolute Gasteiger partial charge is 0.235 e. The van der Waals surface area contributed by atoms with Gasteiger partial charge in [-0.15, -0.1) is 0 Å². The van der Waals surface area contributed by atoms with Crippen molar-refractivity contribution in [2.75, 3.05) is 5.32 Å². The molecule has 0 aliphatic heterocycles. The van der Waals surface area contributed by atoms with Crippen molar-refractivity contribution in [2.45, 2.75) is 13.3 Å². The van der Waals surface area contributed by atoms with Crippen molar-refractivity contribution in [3.63, 3.8) is 0 Å². The van der Waals surface area contributed by atoms with Crippen LogP contribution in [-0.2, 0) is 0 Å². The summed E-state index contributed by atoms with van der Waals surface area (Å²) in [6.45, 7) is 1.33. The van der Waals surface area contributed by atoms with E-state index in [-0.39, 0.29) is 0 Å². The molecule has 1 atom stereocenters. The van der Waals surface area contributed by atoms with E-state index in [4.69, 9.17) is 9.26 Å². The summed E-state index contributed by atoms with van der Waals surface area (Å²) in [4.78, 5) is 4.20. The third-order valence-electron chi connectivity index (χ3n) is 2.63. The van der Waals surface area contributed by atoms with Gasteiger partial charge in [-0.25, -0.2) is 9.37 Å². The molecule has 0 aliphatic rings. The molecular formula is C14H12FN3O2. The predicted octanol–water partition coefficient (Wildman–Crippen LogP) is 3.66. The van der Waals surface area contributed by atoms with E-state index in [1.165, 1.54) is 6.92 Å². The summed E-state index contributed by atoms with van der Waals surface area (Å²) in [6, 6.07) is 10.5. The van der Waals surface area contributed by atoms with Gasteiger partial charge in [0.1, 0.15) is 5.75 Å². The van der Waals surface area contributed by atoms with Crippen LogP contribution in [0.5, 0.6) is 5.75 Å². The molecule has 6 heteroatoms. The van der Waals surface area contributed by atoms with Gasteiger partial charge in [-0.1, -0.05) is 11.2 Å². The third kappa shape index (κ3) is 2.54. The summed E-state index contributed by atoms with van der Waals surface area (Å²) in [5, 5.41) is 6.99. The second-order valence-electron chi connectivity index (χ2n) is 4.20. The van der Waals surface area contributed by atoms with Crippen molar-refractivity contribution in [1.29, 1.82) is 0 Å². The molecule has 0 saturated carbocycles. The average Bonchev–Trinajstić information content (AvgIpc) is 2.82. The van der Waals surface area contributed by atoms with Crippen LogP contribution in [0.1, 0.15) is 6.92 Å². The highest BCUT2D eigenvalue weighted by Gasteiger charge is 2.09. The van der Waals surface area contributed by atoms with Crippen LogP contribution in [0.15, 0.2) is 47.1 Å². The Bertz CT molecular complexity index is 727. The van der Waals surface area contributed by atoms with Gasteiger partial charge in [-0.2, -0.15) is 0 Å². The summed E-state index contributed by atoms with van der Waals surface area (Å²) in [5.74, 6) is 0.941. The number of pyridine rings is 1. The Morgan fingerprint density at radius 1 is 1.30 bits per heavy atom. The minimum absolute atomic E-state index is 0.436. The summed E-state index contributed by atoms with van der Waals surface area (Å²) in [6.07, 6.45) is 0.300. The molecule has 2 heterocycles. The highest BCUT2D eigenvalue weighted by Crippen LogP contribution is 2.26. The fourth-order valence-electron chi connectivity index (χ4n) is 1.83. The Hall–Kier alpha value is -2.63. The number of anilines is 2. The van der Waals surface area contributed by atoms with Crippen LogP contribution in [0.2, 0.25) is 0 Å². The van der Waals surface area contributed by atoms with Crippen LogP contribution in [0.25, 0.3) is 11.1 Å². The molecular weight excluding hydrogens is 261 g/mol. The zero-order chi connectivity index (χ0) is 13.9. The van der Waals surface area contributed by atoms with Crippen molar-refractivity contribution in [3.05, 3.63) is 42.6 Å². The molecule has 1 aromatic carbocycles. The molecule has 0 spiro atoms. The number of hydrogen-bond donors (Lipinski definition) is 1. The fraction of sp³-hybridized carbons (Fsp3) is 0.143. The van der Waals surface area contributed by atoms with E-state index in [0.29, 0.717) is 28.4 Å². The molecule has 2 aromatic heterocycles. The SMILES string of the molecule is CC(F)Oc1cccc(Nc2noc3cccnc23)c1. The molecule has 3 rings (SSSR count). The van der Waals surface area contributed by atoms with E-state index in [1.807, 2.05) is 6.07 Å². The van der Waals surface area contributed by atoms with Gasteiger partial charge in [0.2, 0.25) is 12.2 Å². The lowest BCUT2D eigenvalue weighted by atomic mass is 10.3. The van der Waals surface area contributed by atoms with Crippen LogP contribution in [0.3, 0.4) is 0 Å². The molecule has 102 valence electrons. The molecule has 1 unspecified atom stereocenters. The minimum Gasteiger partial charge on any atom is -0.461 e. The number of rotatable bonds is 4. The van der Waals surface area contributed by atoms with E-state index in [2.05, 4.69) is 15.5 Å². The summed E-state index contributed by atoms with van der Waals surface area (Å²) in [7, 11) is 0. The monoisotopic (exact) mass is 273 g/mol. The minimum atomic E-state index is -1.36. The summed E-state index contributed by atoms with van der Waals surface area (Å²) < 4.78 is 23.0. The number of alkyl halides is 1. The molecule has 3 aromatic rings. The molecule has 0 amide bonds. The van der Waals surface area contributed by atoms with Crippen LogP contribution in [-0.4, -0.2) is 16.5 Å². The maximum Gasteiger partial charge on any atom is 0.235 e. The van der Waals surface area contributed by atoms with Gasteiger partial charge >= 0.3 is 0 Å². The van der Waals surface area contributed by atoms with E-state index in [0.717, 1.165) is 0 Å². The zero-order valence-electron chi connectivity index (χ0n) is 10.7. The van der Waals surface area contributed by atoms with Crippen molar-refractivity contribution in [1.82, 2.24) is 10.1 Å². The van der Waals surface area contributed by atoms with Gasteiger partial charge in [0.05, 0.1) is 0 Å². The fourth-order valence-corrected chi connectivity index (χ4v) is 1.83. The number of hydrogen-bond acceptors (Lipinski definition) is 5. The zero-order valence-corrected chi connectivity index (χ0v) is 10.7. The maximum absolute atomic E-state index is 12.8. The molecule has 5 nitrogen and oxygen atoms in total. The van der Waals surface area contributed by atoms with Crippen LogP contribution < -0.4 is 10.1 Å². The van der Waals surface area contributed by atoms with E-state index in [9.17, 15) is 4.39 Å². The van der Waals surface area contributed by atoms with Crippen LogP contribution in [0.4, 0.5) is 15.9 Å². The first-order valence-corrected chi connectivity index (χ1v) is 6.10. The molecule has 0 saturated heterocycles. The number of benzene rings is 1. The highest BCUT2D eigenvalue weighted by atomic mass is 19.1. The number of nitrogens with zero attached hydrogens (tertiary/aromatic N) is 2. The second-order valence-corrected chi connectivity index (χ2v) is 4.20. The lowest BCUT2D eigenvalue weighted by molar-refractivity contribution is 0.0861. The molecule has 0 radical (unpaired) electrons. The van der Waals surface area contributed by atoms with E-state index < -0.39 is 6.36 Å². The molecule has 0 aliphatic carbocycles. The van der Waals surface area contributed by atoms with Crippen molar-refractivity contribution in [3.8, 4) is 5.75 Å². The standard InChI is InChI=1S/C14H12FN3O2/c1-9(15)19-11-5-2-4-10(8-11)17-14-13-12(20-18-14)6-3-7-16-13/h2-9H,1H3,(H,17,18). The number of halogens is 1. The van der Waals surface area contributed by atoms with Gasteiger partial charge in [-0.05, 0) is 24.3 Å². The first-order chi connectivity index (χ1) is 9.72. The van der Waals surface area contributed by atoms with Gasteiger partial charge < -0.3 is 14.6 Å². The Kier molecular flexibility index (Phi) is 3.20. The van der Waals surface area contributed by atoms with Crippen molar-refractivity contribution in [2.24, 2.45) is 0 Å². The van der Waals surface area contributed by atoms with Gasteiger partial charge in [0.25, 0.3) is 0 Å². The first kappa shape index (κ1) is 12.4. The Morgan fingerprint density at radius 3 is 3.05 bits per heavy atom. The lowest BCUT2D eigenvalue weighted by Gasteiger charge is -2.08. The number of fused-ring (bicyclic) bond motifs is 1. The number of ether oxygens (including phenoxy) is 1. The summed E-state index contributed by atoms with van der Waals surface area (Å²) in [5.41, 5.74) is 1.95. The van der Waals surface area contributed by atoms with Gasteiger partial charge in [0.15, 0.2) is 11.1 Å². The van der Waals surface area contributed by atoms with E-state index in [1.54, 1.807) is 36.5 Å². The Morgan fingerprint density at radius 2 is 2.20 bits per heavy atom. The molecule has 0 fully saturated rings. The highest BCUT2D eigenvalue weighted by molar-refractivity contribution is 5.85. The maximum atomic E-state index is 12.8. The molecule has 20 heavy (non-hydrogen) atoms. The largest absolute Gasteiger partial charge is 0.461 e. The number of nitrogens with one attached hydrogen (secondary N) is 1. The van der Waals surface area contributed by atoms with Crippen LogP contribution in [0, 0.1) is 0 Å². The third-order valence-corrected chi connectivity index (χ3v) is 2.63. The topological polar surface area (TPSA) is 60.2 Å². The van der Waals surface area contributed by atoms with Gasteiger partial charge in [0, 0.05) is 24.9 Å². The Labute approximate surface area is 114 Å². The van der Waals surface area contributed by atoms with Gasteiger partial charge in [-0.3, -0.25) is 0 Å². The molecule has 1 N–H and O–H groups in total. The first-order valence-electron chi connectivity index (χ1n) is 6.10. The lowest BCUT2D eigenvalue weighted by Crippen LogP contribution is -2.03. The van der Waals surface area contributed by atoms with E-state index >= 15 is 0 Å². The molecule has 0 bridgehead atoms. The predicted molar refractivity (Wildman–Crippen MR) is 72.7 cm³/mol.